The molecule has 2 N–H and O–H groups in total. The highest BCUT2D eigenvalue weighted by atomic mass is 16.3. The number of aliphatic hydroxyl groups is 1. The van der Waals surface area contributed by atoms with Crippen LogP contribution in [0.4, 0.5) is 0 Å². The summed E-state index contributed by atoms with van der Waals surface area (Å²) in [6.45, 7) is 6.49. The average Bonchev–Trinajstić information content (AvgIpc) is 2.33. The second-order valence-corrected chi connectivity index (χ2v) is 6.16. The first kappa shape index (κ1) is 13.4. The molecule has 2 rings (SSSR count). The number of hydrogen-bond donors (Lipinski definition) is 2. The third-order valence-corrected chi connectivity index (χ3v) is 4.84. The van der Waals surface area contributed by atoms with Gasteiger partial charge in [-0.25, -0.2) is 0 Å². The topological polar surface area (TPSA) is 40.5 Å². The van der Waals surface area contributed by atoms with Crippen LogP contribution >= 0.6 is 0 Å². The van der Waals surface area contributed by atoms with Crippen molar-refractivity contribution >= 4 is 0 Å². The summed E-state index contributed by atoms with van der Waals surface area (Å²) in [5.41, 5.74) is 0.120. The minimum Gasteiger partial charge on any atom is -0.508 e. The van der Waals surface area contributed by atoms with Crippen LogP contribution in [0.2, 0.25) is 0 Å². The first-order valence-electron chi connectivity index (χ1n) is 6.93. The molecule has 1 saturated carbocycles. The van der Waals surface area contributed by atoms with E-state index in [1.54, 1.807) is 12.1 Å². The van der Waals surface area contributed by atoms with E-state index in [0.717, 1.165) is 24.3 Å². The Hall–Kier alpha value is -1.02. The third-order valence-electron chi connectivity index (χ3n) is 4.84. The van der Waals surface area contributed by atoms with Crippen LogP contribution in [0, 0.1) is 17.8 Å². The molecule has 1 fully saturated rings. The molecule has 0 saturated heterocycles. The Bertz CT molecular complexity index is 394. The van der Waals surface area contributed by atoms with Crippen LogP contribution in [0.1, 0.15) is 45.6 Å². The third kappa shape index (κ3) is 2.54. The average molecular weight is 248 g/mol. The molecule has 100 valence electrons. The molecule has 0 radical (unpaired) electrons. The molecule has 0 aliphatic heterocycles. The first-order chi connectivity index (χ1) is 8.41. The van der Waals surface area contributed by atoms with Gasteiger partial charge >= 0.3 is 0 Å². The van der Waals surface area contributed by atoms with E-state index in [-0.39, 0.29) is 5.75 Å². The molecule has 2 heteroatoms. The Morgan fingerprint density at radius 2 is 1.67 bits per heavy atom. The smallest absolute Gasteiger partial charge is 0.115 e. The quantitative estimate of drug-likeness (QED) is 0.838. The van der Waals surface area contributed by atoms with E-state index < -0.39 is 5.60 Å². The van der Waals surface area contributed by atoms with Gasteiger partial charge in [-0.05, 0) is 55.2 Å². The Balaban J connectivity index is 2.17. The zero-order chi connectivity index (χ0) is 13.3. The number of aromatic hydroxyl groups is 1. The van der Waals surface area contributed by atoms with Crippen LogP contribution in [-0.4, -0.2) is 10.2 Å². The predicted octanol–water partition coefficient (Wildman–Crippen LogP) is 3.67. The number of hydrogen-bond acceptors (Lipinski definition) is 2. The molecule has 1 aromatic rings. The van der Waals surface area contributed by atoms with Crippen molar-refractivity contribution in [1.82, 2.24) is 0 Å². The maximum absolute atomic E-state index is 10.8. The van der Waals surface area contributed by atoms with Gasteiger partial charge in [-0.15, -0.1) is 0 Å². The molecule has 0 amide bonds. The van der Waals surface area contributed by atoms with E-state index >= 15 is 0 Å². The monoisotopic (exact) mass is 248 g/mol. The number of rotatable bonds is 2. The summed E-state index contributed by atoms with van der Waals surface area (Å²) in [5.74, 6) is 2.00. The second kappa shape index (κ2) is 4.93. The zero-order valence-corrected chi connectivity index (χ0v) is 11.6. The molecular formula is C16H24O2. The maximum atomic E-state index is 10.8. The molecule has 0 heterocycles. The van der Waals surface area contributed by atoms with Gasteiger partial charge in [-0.3, -0.25) is 0 Å². The summed E-state index contributed by atoms with van der Waals surface area (Å²) in [5, 5.41) is 20.2. The molecule has 0 aromatic heterocycles. The van der Waals surface area contributed by atoms with Crippen LogP contribution in [0.3, 0.4) is 0 Å². The molecule has 2 nitrogen and oxygen atoms in total. The van der Waals surface area contributed by atoms with Crippen molar-refractivity contribution < 1.29 is 10.2 Å². The Kier molecular flexibility index (Phi) is 3.67. The van der Waals surface area contributed by atoms with Gasteiger partial charge < -0.3 is 10.2 Å². The lowest BCUT2D eigenvalue weighted by atomic mass is 9.68. The van der Waals surface area contributed by atoms with Gasteiger partial charge in [0.15, 0.2) is 0 Å². The lowest BCUT2D eigenvalue weighted by Crippen LogP contribution is -2.36. The van der Waals surface area contributed by atoms with E-state index in [1.807, 2.05) is 19.1 Å². The van der Waals surface area contributed by atoms with Crippen molar-refractivity contribution in [1.29, 1.82) is 0 Å². The predicted molar refractivity (Wildman–Crippen MR) is 73.3 cm³/mol. The molecule has 18 heavy (non-hydrogen) atoms. The fourth-order valence-electron chi connectivity index (χ4n) is 3.09. The van der Waals surface area contributed by atoms with Gasteiger partial charge in [0.2, 0.25) is 0 Å². The largest absolute Gasteiger partial charge is 0.508 e. The summed E-state index contributed by atoms with van der Waals surface area (Å²) in [7, 11) is 0. The maximum Gasteiger partial charge on any atom is 0.115 e. The van der Waals surface area contributed by atoms with E-state index in [2.05, 4.69) is 13.8 Å². The van der Waals surface area contributed by atoms with Gasteiger partial charge in [-0.2, -0.15) is 0 Å². The SMILES string of the molecule is CC1CCC(C(C)(O)c2ccc(O)cc2)CC1C. The highest BCUT2D eigenvalue weighted by molar-refractivity contribution is 5.30. The fourth-order valence-corrected chi connectivity index (χ4v) is 3.09. The molecule has 4 unspecified atom stereocenters. The zero-order valence-electron chi connectivity index (χ0n) is 11.6. The van der Waals surface area contributed by atoms with Crippen molar-refractivity contribution in [3.63, 3.8) is 0 Å². The highest BCUT2D eigenvalue weighted by Gasteiger charge is 2.37. The van der Waals surface area contributed by atoms with Crippen molar-refractivity contribution in [3.05, 3.63) is 29.8 Å². The van der Waals surface area contributed by atoms with Crippen molar-refractivity contribution in [2.45, 2.75) is 45.6 Å². The normalized spacial score (nSPS) is 31.9. The van der Waals surface area contributed by atoms with Gasteiger partial charge in [0.05, 0.1) is 5.60 Å². The van der Waals surface area contributed by atoms with Gasteiger partial charge in [0.25, 0.3) is 0 Å². The van der Waals surface area contributed by atoms with Crippen LogP contribution in [0.15, 0.2) is 24.3 Å². The first-order valence-corrected chi connectivity index (χ1v) is 6.93. The number of phenols is 1. The summed E-state index contributed by atoms with van der Waals surface area (Å²) >= 11 is 0. The molecule has 1 aliphatic rings. The number of phenolic OH excluding ortho intramolecular Hbond substituents is 1. The second-order valence-electron chi connectivity index (χ2n) is 6.16. The molecule has 1 aromatic carbocycles. The Labute approximate surface area is 110 Å². The Morgan fingerprint density at radius 1 is 1.06 bits per heavy atom. The highest BCUT2D eigenvalue weighted by Crippen LogP contribution is 2.43. The fraction of sp³-hybridized carbons (Fsp3) is 0.625. The van der Waals surface area contributed by atoms with Gasteiger partial charge in [0.1, 0.15) is 5.75 Å². The van der Waals surface area contributed by atoms with E-state index in [0.29, 0.717) is 11.8 Å². The summed E-state index contributed by atoms with van der Waals surface area (Å²) in [6.07, 6.45) is 3.36. The van der Waals surface area contributed by atoms with E-state index in [9.17, 15) is 10.2 Å². The van der Waals surface area contributed by atoms with Crippen molar-refractivity contribution in [3.8, 4) is 5.75 Å². The number of benzene rings is 1. The molecule has 0 bridgehead atoms. The van der Waals surface area contributed by atoms with E-state index in [1.165, 1.54) is 6.42 Å². The lowest BCUT2D eigenvalue weighted by Gasteiger charge is -2.40. The van der Waals surface area contributed by atoms with Crippen LogP contribution < -0.4 is 0 Å². The van der Waals surface area contributed by atoms with Crippen molar-refractivity contribution in [2.75, 3.05) is 0 Å². The summed E-state index contributed by atoms with van der Waals surface area (Å²) in [4.78, 5) is 0. The Morgan fingerprint density at radius 3 is 2.22 bits per heavy atom. The van der Waals surface area contributed by atoms with Gasteiger partial charge in [-0.1, -0.05) is 32.4 Å². The summed E-state index contributed by atoms with van der Waals surface area (Å²) < 4.78 is 0. The minimum absolute atomic E-state index is 0.250. The standard InChI is InChI=1S/C16H24O2/c1-11-4-5-14(10-12(11)2)16(3,18)13-6-8-15(17)9-7-13/h6-9,11-12,14,17-18H,4-5,10H2,1-3H3. The van der Waals surface area contributed by atoms with E-state index in [4.69, 9.17) is 0 Å². The lowest BCUT2D eigenvalue weighted by molar-refractivity contribution is -0.0371. The molecular weight excluding hydrogens is 224 g/mol. The molecule has 1 aliphatic carbocycles. The molecule has 0 spiro atoms. The van der Waals surface area contributed by atoms with Crippen LogP contribution in [0.5, 0.6) is 5.75 Å². The minimum atomic E-state index is -0.790. The summed E-state index contributed by atoms with van der Waals surface area (Å²) in [6, 6.07) is 6.97. The van der Waals surface area contributed by atoms with Gasteiger partial charge in [0, 0.05) is 0 Å². The molecule has 4 atom stereocenters. The van der Waals surface area contributed by atoms with Crippen LogP contribution in [-0.2, 0) is 5.60 Å². The van der Waals surface area contributed by atoms with Crippen molar-refractivity contribution in [2.24, 2.45) is 17.8 Å². The van der Waals surface area contributed by atoms with Crippen LogP contribution in [0.25, 0.3) is 0 Å².